The molecule has 4 nitrogen and oxygen atoms in total. The topological polar surface area (TPSA) is 58.2 Å². The number of halogens is 2. The maximum absolute atomic E-state index is 14.1. The van der Waals surface area contributed by atoms with Crippen molar-refractivity contribution in [1.82, 2.24) is 5.32 Å². The minimum absolute atomic E-state index is 0.138. The predicted molar refractivity (Wildman–Crippen MR) is 138 cm³/mol. The number of hydrogen-bond donors (Lipinski definition) is 2. The van der Waals surface area contributed by atoms with Gasteiger partial charge in [0, 0.05) is 28.4 Å². The Bertz CT molecular complexity index is 1540. The fourth-order valence-corrected chi connectivity index (χ4v) is 5.07. The Kier molecular flexibility index (Phi) is 5.60. The van der Waals surface area contributed by atoms with Crippen LogP contribution >= 0.6 is 0 Å². The summed E-state index contributed by atoms with van der Waals surface area (Å²) in [4.78, 5) is 26.7. The average Bonchev–Trinajstić information content (AvgIpc) is 3.71. The maximum Gasteiger partial charge on any atom is 0.251 e. The summed E-state index contributed by atoms with van der Waals surface area (Å²) in [5.41, 5.74) is 4.79. The zero-order valence-corrected chi connectivity index (χ0v) is 20.0. The molecule has 2 aliphatic carbocycles. The molecule has 37 heavy (non-hydrogen) atoms. The monoisotopic (exact) mass is 494 g/mol. The molecule has 4 aromatic rings. The lowest BCUT2D eigenvalue weighted by atomic mass is 9.96. The minimum atomic E-state index is -0.690. The third kappa shape index (κ3) is 4.40. The molecule has 1 saturated carbocycles. The summed E-state index contributed by atoms with van der Waals surface area (Å²) in [5, 5.41) is 6.15. The van der Waals surface area contributed by atoms with E-state index < -0.39 is 11.6 Å². The number of aryl methyl sites for hydroxylation is 2. The van der Waals surface area contributed by atoms with Crippen molar-refractivity contribution in [3.8, 4) is 0 Å². The Labute approximate surface area is 213 Å². The fraction of sp³-hybridized carbons (Fsp3) is 0.161. The number of carbonyl (C=O) groups excluding carboxylic acids is 2. The van der Waals surface area contributed by atoms with Gasteiger partial charge in [-0.2, -0.15) is 0 Å². The SMILES string of the molecule is O=C(NC1(c2ccccc2)CC1)c1ccc2c(c1)C(=O)c1ccc(Nc3ccc(F)cc3F)cc1CC2. The molecule has 0 unspecified atom stereocenters. The van der Waals surface area contributed by atoms with E-state index in [1.54, 1.807) is 24.3 Å². The summed E-state index contributed by atoms with van der Waals surface area (Å²) in [6.45, 7) is 0. The van der Waals surface area contributed by atoms with Crippen LogP contribution in [0.5, 0.6) is 0 Å². The molecular formula is C31H24F2N2O2. The zero-order chi connectivity index (χ0) is 25.6. The van der Waals surface area contributed by atoms with Crippen LogP contribution in [0.1, 0.15) is 55.8 Å². The molecule has 0 atom stereocenters. The summed E-state index contributed by atoms with van der Waals surface area (Å²) in [6.07, 6.45) is 3.03. The number of hydrogen-bond acceptors (Lipinski definition) is 3. The zero-order valence-electron chi connectivity index (χ0n) is 20.0. The van der Waals surface area contributed by atoms with Crippen molar-refractivity contribution in [2.45, 2.75) is 31.2 Å². The first-order valence-corrected chi connectivity index (χ1v) is 12.3. The van der Waals surface area contributed by atoms with Crippen molar-refractivity contribution < 1.29 is 18.4 Å². The molecule has 0 radical (unpaired) electrons. The highest BCUT2D eigenvalue weighted by atomic mass is 19.1. The molecule has 2 N–H and O–H groups in total. The van der Waals surface area contributed by atoms with E-state index in [1.807, 2.05) is 42.5 Å². The molecule has 6 heteroatoms. The molecule has 1 amide bonds. The first-order chi connectivity index (χ1) is 17.9. The molecule has 0 saturated heterocycles. The number of fused-ring (bicyclic) bond motifs is 2. The first kappa shape index (κ1) is 23.1. The maximum atomic E-state index is 14.1. The highest BCUT2D eigenvalue weighted by Gasteiger charge is 2.45. The smallest absolute Gasteiger partial charge is 0.251 e. The number of carbonyl (C=O) groups is 2. The van der Waals surface area contributed by atoms with Gasteiger partial charge in [-0.3, -0.25) is 9.59 Å². The van der Waals surface area contributed by atoms with Gasteiger partial charge < -0.3 is 10.6 Å². The van der Waals surface area contributed by atoms with Gasteiger partial charge in [0.15, 0.2) is 5.78 Å². The van der Waals surface area contributed by atoms with Crippen molar-refractivity contribution in [3.05, 3.63) is 130 Å². The average molecular weight is 495 g/mol. The largest absolute Gasteiger partial charge is 0.353 e. The van der Waals surface area contributed by atoms with Crippen molar-refractivity contribution in [2.75, 3.05) is 5.32 Å². The Balaban J connectivity index is 1.25. The highest BCUT2D eigenvalue weighted by molar-refractivity contribution is 6.12. The van der Waals surface area contributed by atoms with E-state index in [0.717, 1.165) is 35.6 Å². The number of nitrogens with one attached hydrogen (secondary N) is 2. The van der Waals surface area contributed by atoms with E-state index in [1.165, 1.54) is 12.1 Å². The second-order valence-corrected chi connectivity index (χ2v) is 9.72. The summed E-state index contributed by atoms with van der Waals surface area (Å²) >= 11 is 0. The van der Waals surface area contributed by atoms with Crippen LogP contribution in [0, 0.1) is 11.6 Å². The molecule has 4 aromatic carbocycles. The third-order valence-electron chi connectivity index (χ3n) is 7.27. The second kappa shape index (κ2) is 8.96. The number of ketones is 1. The van der Waals surface area contributed by atoms with E-state index in [4.69, 9.17) is 0 Å². The van der Waals surface area contributed by atoms with E-state index in [2.05, 4.69) is 10.6 Å². The van der Waals surface area contributed by atoms with Crippen LogP contribution in [0.3, 0.4) is 0 Å². The summed E-state index contributed by atoms with van der Waals surface area (Å²) in [6, 6.07) is 23.9. The van der Waals surface area contributed by atoms with Crippen LogP contribution < -0.4 is 10.6 Å². The first-order valence-electron chi connectivity index (χ1n) is 12.3. The van der Waals surface area contributed by atoms with Gasteiger partial charge in [-0.25, -0.2) is 8.78 Å². The van der Waals surface area contributed by atoms with E-state index >= 15 is 0 Å². The number of benzene rings is 4. The standard InChI is InChI=1S/C31H24F2N2O2/c32-23-10-13-28(27(33)18-23)34-24-11-12-25-20(16-24)8-6-19-7-9-21(17-26(19)29(25)36)30(37)35-31(14-15-31)22-4-2-1-3-5-22/h1-5,7,9-13,16-18,34H,6,8,14-15H2,(H,35,37). The second-order valence-electron chi connectivity index (χ2n) is 9.72. The Morgan fingerprint density at radius 1 is 0.784 bits per heavy atom. The van der Waals surface area contributed by atoms with Crippen LogP contribution in [-0.4, -0.2) is 11.7 Å². The number of amides is 1. The van der Waals surface area contributed by atoms with Crippen molar-refractivity contribution in [1.29, 1.82) is 0 Å². The molecule has 0 heterocycles. The summed E-state index contributed by atoms with van der Waals surface area (Å²) in [7, 11) is 0. The normalized spacial score (nSPS) is 15.2. The number of rotatable bonds is 5. The van der Waals surface area contributed by atoms with Gasteiger partial charge in [0.2, 0.25) is 0 Å². The van der Waals surface area contributed by atoms with Gasteiger partial charge in [0.25, 0.3) is 5.91 Å². The van der Waals surface area contributed by atoms with Gasteiger partial charge in [-0.05, 0) is 84.8 Å². The molecule has 1 fully saturated rings. The number of anilines is 2. The lowest BCUT2D eigenvalue weighted by Crippen LogP contribution is -2.35. The van der Waals surface area contributed by atoms with Gasteiger partial charge in [-0.1, -0.05) is 36.4 Å². The van der Waals surface area contributed by atoms with E-state index in [9.17, 15) is 18.4 Å². The van der Waals surface area contributed by atoms with Gasteiger partial charge in [-0.15, -0.1) is 0 Å². The molecule has 0 spiro atoms. The highest BCUT2D eigenvalue weighted by Crippen LogP contribution is 2.45. The molecule has 184 valence electrons. The van der Waals surface area contributed by atoms with Crippen molar-refractivity contribution >= 4 is 23.1 Å². The van der Waals surface area contributed by atoms with Crippen molar-refractivity contribution in [2.24, 2.45) is 0 Å². The molecule has 0 aromatic heterocycles. The van der Waals surface area contributed by atoms with E-state index in [0.29, 0.717) is 35.2 Å². The fourth-order valence-electron chi connectivity index (χ4n) is 5.07. The van der Waals surface area contributed by atoms with Gasteiger partial charge in [0.1, 0.15) is 11.6 Å². The van der Waals surface area contributed by atoms with Crippen LogP contribution in [-0.2, 0) is 18.4 Å². The summed E-state index contributed by atoms with van der Waals surface area (Å²) < 4.78 is 27.3. The van der Waals surface area contributed by atoms with Gasteiger partial charge >= 0.3 is 0 Å². The molecule has 0 aliphatic heterocycles. The van der Waals surface area contributed by atoms with Crippen LogP contribution in [0.4, 0.5) is 20.2 Å². The Morgan fingerprint density at radius 2 is 1.57 bits per heavy atom. The lowest BCUT2D eigenvalue weighted by Gasteiger charge is -2.18. The third-order valence-corrected chi connectivity index (χ3v) is 7.27. The Hall–Kier alpha value is -4.32. The van der Waals surface area contributed by atoms with Crippen molar-refractivity contribution in [3.63, 3.8) is 0 Å². The summed E-state index contributed by atoms with van der Waals surface area (Å²) in [5.74, 6) is -1.67. The quantitative estimate of drug-likeness (QED) is 0.335. The molecule has 0 bridgehead atoms. The molecular weight excluding hydrogens is 470 g/mol. The molecule has 2 aliphatic rings. The van der Waals surface area contributed by atoms with Crippen LogP contribution in [0.15, 0.2) is 84.9 Å². The van der Waals surface area contributed by atoms with Crippen LogP contribution in [0.2, 0.25) is 0 Å². The molecule has 6 rings (SSSR count). The minimum Gasteiger partial charge on any atom is -0.353 e. The predicted octanol–water partition coefficient (Wildman–Crippen LogP) is 6.46. The van der Waals surface area contributed by atoms with Crippen LogP contribution in [0.25, 0.3) is 0 Å². The lowest BCUT2D eigenvalue weighted by molar-refractivity contribution is 0.0930. The Morgan fingerprint density at radius 3 is 2.32 bits per heavy atom. The van der Waals surface area contributed by atoms with Gasteiger partial charge in [0.05, 0.1) is 11.2 Å². The van der Waals surface area contributed by atoms with E-state index in [-0.39, 0.29) is 22.9 Å².